The normalized spacial score (nSPS) is 13.9. The lowest BCUT2D eigenvalue weighted by atomic mass is 10.9. The zero-order valence-corrected chi connectivity index (χ0v) is 9.93. The van der Waals surface area contributed by atoms with Crippen LogP contribution in [0.15, 0.2) is 0 Å². The summed E-state index contributed by atoms with van der Waals surface area (Å²) in [5.74, 6) is 0.722. The highest BCUT2D eigenvalue weighted by molar-refractivity contribution is 7.86. The average molecular weight is 212 g/mol. The van der Waals surface area contributed by atoms with Crippen LogP contribution >= 0.6 is 25.3 Å². The van der Waals surface area contributed by atoms with Crippen molar-refractivity contribution in [2.75, 3.05) is 19.0 Å². The van der Waals surface area contributed by atoms with Crippen molar-refractivity contribution < 1.29 is 8.85 Å². The van der Waals surface area contributed by atoms with E-state index in [1.54, 1.807) is 0 Å². The van der Waals surface area contributed by atoms with Gasteiger partial charge in [0.25, 0.3) is 0 Å². The predicted molar refractivity (Wildman–Crippen MR) is 57.0 cm³/mol. The minimum atomic E-state index is -1.54. The summed E-state index contributed by atoms with van der Waals surface area (Å²) in [5, 5.41) is 0. The minimum Gasteiger partial charge on any atom is -0.396 e. The summed E-state index contributed by atoms with van der Waals surface area (Å²) in [6.07, 6.45) is 0. The van der Waals surface area contributed by atoms with Gasteiger partial charge >= 0.3 is 9.28 Å². The molecular weight excluding hydrogens is 196 g/mol. The number of hydrogen-bond donors (Lipinski definition) is 2. The van der Waals surface area contributed by atoms with Crippen molar-refractivity contribution in [1.82, 2.24) is 0 Å². The van der Waals surface area contributed by atoms with Crippen molar-refractivity contribution >= 4 is 34.5 Å². The van der Waals surface area contributed by atoms with Crippen molar-refractivity contribution in [3.05, 3.63) is 0 Å². The SMILES string of the molecule is CCO[SiH](OCC)C(S)CS. The van der Waals surface area contributed by atoms with E-state index >= 15 is 0 Å². The molecule has 0 fully saturated rings. The third-order valence-electron chi connectivity index (χ3n) is 1.16. The number of thiol groups is 2. The van der Waals surface area contributed by atoms with Gasteiger partial charge in [0.15, 0.2) is 0 Å². The highest BCUT2D eigenvalue weighted by Gasteiger charge is 2.20. The molecule has 0 saturated heterocycles. The zero-order valence-electron chi connectivity index (χ0n) is 6.99. The second-order valence-electron chi connectivity index (χ2n) is 2.03. The Labute approximate surface area is 81.3 Å². The van der Waals surface area contributed by atoms with Crippen LogP contribution in [0, 0.1) is 0 Å². The summed E-state index contributed by atoms with van der Waals surface area (Å²) in [6.45, 7) is 5.36. The fourth-order valence-electron chi connectivity index (χ4n) is 0.685. The largest absolute Gasteiger partial charge is 0.396 e. The Morgan fingerprint density at radius 3 is 2.00 bits per heavy atom. The minimum absolute atomic E-state index is 0.193. The summed E-state index contributed by atoms with van der Waals surface area (Å²) < 4.78 is 10.9. The molecule has 0 aliphatic rings. The van der Waals surface area contributed by atoms with Gasteiger partial charge in [0, 0.05) is 19.0 Å². The van der Waals surface area contributed by atoms with Gasteiger partial charge in [0.05, 0.1) is 4.87 Å². The van der Waals surface area contributed by atoms with Gasteiger partial charge in [-0.3, -0.25) is 0 Å². The Balaban J connectivity index is 3.66. The standard InChI is InChI=1S/C6H16O2S2Si/c1-3-7-11(8-4-2)6(10)5-9/h6,9-11H,3-5H2,1-2H3. The van der Waals surface area contributed by atoms with Crippen LogP contribution in [0.25, 0.3) is 0 Å². The molecule has 0 saturated carbocycles. The molecule has 0 amide bonds. The second kappa shape index (κ2) is 7.48. The summed E-state index contributed by atoms with van der Waals surface area (Å²) in [7, 11) is -1.54. The van der Waals surface area contributed by atoms with Gasteiger partial charge in [-0.1, -0.05) is 0 Å². The molecule has 0 N–H and O–H groups in total. The van der Waals surface area contributed by atoms with Gasteiger partial charge in [0.1, 0.15) is 0 Å². The summed E-state index contributed by atoms with van der Waals surface area (Å²) in [6, 6.07) is 0. The van der Waals surface area contributed by atoms with Crippen molar-refractivity contribution in [2.45, 2.75) is 18.7 Å². The maximum atomic E-state index is 5.43. The molecule has 0 rings (SSSR count). The lowest BCUT2D eigenvalue weighted by molar-refractivity contribution is 0.213. The van der Waals surface area contributed by atoms with Crippen molar-refractivity contribution in [3.8, 4) is 0 Å². The maximum absolute atomic E-state index is 5.43. The first-order chi connectivity index (χ1) is 5.26. The topological polar surface area (TPSA) is 18.5 Å². The molecule has 1 atom stereocenters. The zero-order chi connectivity index (χ0) is 8.69. The Morgan fingerprint density at radius 1 is 1.27 bits per heavy atom. The molecule has 0 aromatic heterocycles. The number of rotatable bonds is 6. The van der Waals surface area contributed by atoms with Gasteiger partial charge in [-0.25, -0.2) is 0 Å². The molecule has 0 bridgehead atoms. The van der Waals surface area contributed by atoms with Gasteiger partial charge in [-0.15, -0.1) is 0 Å². The van der Waals surface area contributed by atoms with Crippen LogP contribution in [0.5, 0.6) is 0 Å². The average Bonchev–Trinajstić information content (AvgIpc) is 2.03. The quantitative estimate of drug-likeness (QED) is 0.506. The molecule has 0 aromatic rings. The van der Waals surface area contributed by atoms with Crippen LogP contribution in [0.3, 0.4) is 0 Å². The first-order valence-corrected chi connectivity index (χ1v) is 6.54. The van der Waals surface area contributed by atoms with Gasteiger partial charge in [-0.05, 0) is 13.8 Å². The highest BCUT2D eigenvalue weighted by Crippen LogP contribution is 2.05. The van der Waals surface area contributed by atoms with Crippen LogP contribution in [0.2, 0.25) is 0 Å². The molecule has 5 heteroatoms. The Kier molecular flexibility index (Phi) is 8.05. The predicted octanol–water partition coefficient (Wildman–Crippen LogP) is 1.05. The fourth-order valence-corrected chi connectivity index (χ4v) is 3.09. The van der Waals surface area contributed by atoms with E-state index in [1.807, 2.05) is 13.8 Å². The maximum Gasteiger partial charge on any atom is 0.335 e. The van der Waals surface area contributed by atoms with E-state index in [4.69, 9.17) is 8.85 Å². The van der Waals surface area contributed by atoms with Crippen LogP contribution in [0.4, 0.5) is 0 Å². The van der Waals surface area contributed by atoms with Gasteiger partial charge in [-0.2, -0.15) is 25.3 Å². The molecular formula is C6H16O2S2Si. The lowest BCUT2D eigenvalue weighted by Gasteiger charge is -2.18. The van der Waals surface area contributed by atoms with E-state index in [-0.39, 0.29) is 4.87 Å². The van der Waals surface area contributed by atoms with Crippen molar-refractivity contribution in [2.24, 2.45) is 0 Å². The van der Waals surface area contributed by atoms with Crippen LogP contribution in [0.1, 0.15) is 13.8 Å². The molecule has 11 heavy (non-hydrogen) atoms. The fraction of sp³-hybridized carbons (Fsp3) is 1.00. The highest BCUT2D eigenvalue weighted by atomic mass is 32.1. The lowest BCUT2D eigenvalue weighted by Crippen LogP contribution is -2.35. The molecule has 0 radical (unpaired) electrons. The first-order valence-electron chi connectivity index (χ1n) is 3.78. The van der Waals surface area contributed by atoms with Gasteiger partial charge < -0.3 is 8.85 Å². The molecule has 0 aliphatic heterocycles. The molecule has 0 heterocycles. The number of hydrogen-bond acceptors (Lipinski definition) is 4. The monoisotopic (exact) mass is 212 g/mol. The smallest absolute Gasteiger partial charge is 0.335 e. The van der Waals surface area contributed by atoms with Gasteiger partial charge in [0.2, 0.25) is 0 Å². The third-order valence-corrected chi connectivity index (χ3v) is 5.34. The van der Waals surface area contributed by atoms with E-state index in [0.717, 1.165) is 5.75 Å². The summed E-state index contributed by atoms with van der Waals surface area (Å²) >= 11 is 8.47. The summed E-state index contributed by atoms with van der Waals surface area (Å²) in [5.41, 5.74) is 0. The molecule has 2 nitrogen and oxygen atoms in total. The Hall–Kier alpha value is 0.837. The van der Waals surface area contributed by atoms with E-state index in [2.05, 4.69) is 25.3 Å². The molecule has 68 valence electrons. The summed E-state index contributed by atoms with van der Waals surface area (Å²) in [4.78, 5) is 0.193. The third kappa shape index (κ3) is 5.14. The first kappa shape index (κ1) is 11.8. The Morgan fingerprint density at radius 2 is 1.73 bits per heavy atom. The van der Waals surface area contributed by atoms with E-state index in [9.17, 15) is 0 Å². The van der Waals surface area contributed by atoms with E-state index < -0.39 is 9.28 Å². The molecule has 0 aliphatic carbocycles. The van der Waals surface area contributed by atoms with Crippen LogP contribution in [-0.4, -0.2) is 33.1 Å². The Bertz CT molecular complexity index is 88.7. The molecule has 1 unspecified atom stereocenters. The molecule has 0 spiro atoms. The van der Waals surface area contributed by atoms with Crippen molar-refractivity contribution in [1.29, 1.82) is 0 Å². The van der Waals surface area contributed by atoms with E-state index in [0.29, 0.717) is 13.2 Å². The van der Waals surface area contributed by atoms with E-state index in [1.165, 1.54) is 0 Å². The molecule has 0 aromatic carbocycles. The van der Waals surface area contributed by atoms with Crippen LogP contribution in [-0.2, 0) is 8.85 Å². The second-order valence-corrected chi connectivity index (χ2v) is 5.83. The van der Waals surface area contributed by atoms with Crippen molar-refractivity contribution in [3.63, 3.8) is 0 Å². The van der Waals surface area contributed by atoms with Crippen LogP contribution < -0.4 is 0 Å².